The van der Waals surface area contributed by atoms with Gasteiger partial charge < -0.3 is 14.6 Å². The van der Waals surface area contributed by atoms with Crippen molar-refractivity contribution in [3.05, 3.63) is 36.0 Å². The number of H-pyrrole nitrogens is 1. The third-order valence-electron chi connectivity index (χ3n) is 5.59. The van der Waals surface area contributed by atoms with Crippen molar-refractivity contribution >= 4 is 32.6 Å². The van der Waals surface area contributed by atoms with E-state index in [9.17, 15) is 18.0 Å². The van der Waals surface area contributed by atoms with Crippen molar-refractivity contribution in [1.29, 1.82) is 0 Å². The highest BCUT2D eigenvalue weighted by molar-refractivity contribution is 7.91. The molecule has 2 aromatic rings. The quantitative estimate of drug-likeness (QED) is 0.662. The largest absolute Gasteiger partial charge is 0.456 e. The molecule has 0 spiro atoms. The average molecular weight is 421 g/mol. The highest BCUT2D eigenvalue weighted by Gasteiger charge is 2.36. The Morgan fingerprint density at radius 3 is 2.76 bits per heavy atom. The number of ether oxygens (including phenoxy) is 1. The topological polar surface area (TPSA) is 96.5 Å². The van der Waals surface area contributed by atoms with Gasteiger partial charge in [0.05, 0.1) is 11.5 Å². The second-order valence-corrected chi connectivity index (χ2v) is 9.86. The van der Waals surface area contributed by atoms with Crippen LogP contribution in [-0.4, -0.2) is 60.4 Å². The van der Waals surface area contributed by atoms with Crippen molar-refractivity contribution in [2.75, 3.05) is 18.1 Å². The summed E-state index contributed by atoms with van der Waals surface area (Å²) in [7, 11) is -3.10. The lowest BCUT2D eigenvalue weighted by Gasteiger charge is -2.33. The summed E-state index contributed by atoms with van der Waals surface area (Å²) < 4.78 is 28.8. The molecule has 158 valence electrons. The van der Waals surface area contributed by atoms with Gasteiger partial charge in [0.15, 0.2) is 16.4 Å². The molecule has 1 aliphatic heterocycles. The van der Waals surface area contributed by atoms with Crippen molar-refractivity contribution in [3.8, 4) is 0 Å². The first kappa shape index (κ1) is 21.4. The second kappa shape index (κ2) is 8.98. The zero-order valence-corrected chi connectivity index (χ0v) is 17.7. The number of carbonyl (C=O) groups excluding carboxylic acids is 2. The smallest absolute Gasteiger partial charge is 0.306 e. The van der Waals surface area contributed by atoms with Crippen LogP contribution in [0, 0.1) is 0 Å². The van der Waals surface area contributed by atoms with Crippen LogP contribution >= 0.6 is 0 Å². The number of hydrogen-bond acceptors (Lipinski definition) is 5. The molecule has 1 aromatic heterocycles. The fourth-order valence-corrected chi connectivity index (χ4v) is 5.58. The Labute approximate surface area is 171 Å². The Bertz CT molecular complexity index is 982. The molecule has 0 unspecified atom stereocenters. The highest BCUT2D eigenvalue weighted by Crippen LogP contribution is 2.22. The molecule has 3 rings (SSSR count). The predicted octanol–water partition coefficient (Wildman–Crippen LogP) is 2.46. The Morgan fingerprint density at radius 2 is 2.07 bits per heavy atom. The number of amides is 1. The number of nitrogens with one attached hydrogen (secondary N) is 1. The van der Waals surface area contributed by atoms with Crippen LogP contribution in [0.2, 0.25) is 0 Å². The number of aromatic nitrogens is 1. The molecule has 2 heterocycles. The van der Waals surface area contributed by atoms with Crippen molar-refractivity contribution < 1.29 is 22.7 Å². The number of carbonyl (C=O) groups is 2. The second-order valence-electron chi connectivity index (χ2n) is 7.64. The van der Waals surface area contributed by atoms with Crippen LogP contribution in [0.5, 0.6) is 0 Å². The first-order chi connectivity index (χ1) is 13.8. The van der Waals surface area contributed by atoms with E-state index in [0.29, 0.717) is 19.3 Å². The molecule has 1 saturated heterocycles. The van der Waals surface area contributed by atoms with Crippen molar-refractivity contribution in [2.24, 2.45) is 0 Å². The van der Waals surface area contributed by atoms with E-state index in [1.807, 2.05) is 44.3 Å². The number of benzene rings is 1. The van der Waals surface area contributed by atoms with Gasteiger partial charge in [0, 0.05) is 35.6 Å². The molecular formula is C21H28N2O5S. The normalized spacial score (nSPS) is 19.2. The van der Waals surface area contributed by atoms with Crippen molar-refractivity contribution in [2.45, 2.75) is 51.6 Å². The summed E-state index contributed by atoms with van der Waals surface area (Å²) in [5.74, 6) is -0.687. The number of nitrogens with zero attached hydrogens (tertiary/aromatic N) is 1. The highest BCUT2D eigenvalue weighted by atomic mass is 32.2. The Kier molecular flexibility index (Phi) is 6.62. The molecule has 0 aliphatic carbocycles. The van der Waals surface area contributed by atoms with Gasteiger partial charge in [-0.15, -0.1) is 0 Å². The zero-order valence-electron chi connectivity index (χ0n) is 16.9. The molecular weight excluding hydrogens is 392 g/mol. The molecule has 1 aliphatic rings. The molecule has 1 aromatic carbocycles. The van der Waals surface area contributed by atoms with Gasteiger partial charge in [-0.05, 0) is 37.8 Å². The van der Waals surface area contributed by atoms with E-state index in [1.54, 1.807) is 4.90 Å². The maximum Gasteiger partial charge on any atom is 0.306 e. The summed E-state index contributed by atoms with van der Waals surface area (Å²) in [6.45, 7) is 3.48. The number of aryl methyl sites for hydroxylation is 1. The van der Waals surface area contributed by atoms with E-state index < -0.39 is 15.8 Å². The summed E-state index contributed by atoms with van der Waals surface area (Å²) in [6, 6.07) is 7.42. The molecule has 8 heteroatoms. The van der Waals surface area contributed by atoms with Gasteiger partial charge in [0.25, 0.3) is 5.91 Å². The van der Waals surface area contributed by atoms with Crippen LogP contribution in [0.15, 0.2) is 30.5 Å². The minimum absolute atomic E-state index is 0.0163. The van der Waals surface area contributed by atoms with E-state index in [2.05, 4.69) is 4.98 Å². The van der Waals surface area contributed by atoms with Gasteiger partial charge in [-0.3, -0.25) is 9.59 Å². The Morgan fingerprint density at radius 1 is 1.31 bits per heavy atom. The molecule has 0 bridgehead atoms. The fraction of sp³-hybridized carbons (Fsp3) is 0.524. The minimum Gasteiger partial charge on any atom is -0.456 e. The number of aromatic amines is 1. The van der Waals surface area contributed by atoms with E-state index in [-0.39, 0.29) is 42.5 Å². The first-order valence-corrected chi connectivity index (χ1v) is 11.8. The fourth-order valence-electron chi connectivity index (χ4n) is 3.86. The number of sulfone groups is 1. The van der Waals surface area contributed by atoms with Gasteiger partial charge in [0.2, 0.25) is 0 Å². The number of esters is 1. The van der Waals surface area contributed by atoms with Gasteiger partial charge in [0.1, 0.15) is 0 Å². The molecule has 1 amide bonds. The molecule has 29 heavy (non-hydrogen) atoms. The van der Waals surface area contributed by atoms with E-state index in [1.165, 1.54) is 0 Å². The number of fused-ring (bicyclic) bond motifs is 1. The van der Waals surface area contributed by atoms with Crippen LogP contribution in [0.1, 0.15) is 38.7 Å². The summed E-state index contributed by atoms with van der Waals surface area (Å²) in [5, 5.41) is 1.07. The molecule has 0 radical (unpaired) electrons. The van der Waals surface area contributed by atoms with Crippen LogP contribution < -0.4 is 0 Å². The van der Waals surface area contributed by atoms with E-state index in [0.717, 1.165) is 16.5 Å². The standard InChI is InChI=1S/C21H28N2O5S/c1-3-15(2)23(17-10-11-29(26,27)14-17)20(24)13-28-21(25)9-8-16-12-22-19-7-5-4-6-18(16)19/h4-7,12,15,17,22H,3,8-11,13-14H2,1-2H3/t15-,17-/m1/s1. The first-order valence-electron chi connectivity index (χ1n) is 10.0. The maximum absolute atomic E-state index is 12.7. The summed E-state index contributed by atoms with van der Waals surface area (Å²) in [5.41, 5.74) is 2.04. The van der Waals surface area contributed by atoms with Crippen molar-refractivity contribution in [1.82, 2.24) is 9.88 Å². The van der Waals surface area contributed by atoms with Crippen molar-refractivity contribution in [3.63, 3.8) is 0 Å². The summed E-state index contributed by atoms with van der Waals surface area (Å²) in [6.07, 6.45) is 3.72. The Hall–Kier alpha value is -2.35. The average Bonchev–Trinajstić information content (AvgIpc) is 3.27. The van der Waals surface area contributed by atoms with Crippen LogP contribution in [0.4, 0.5) is 0 Å². The van der Waals surface area contributed by atoms with Gasteiger partial charge >= 0.3 is 5.97 Å². The number of rotatable bonds is 8. The predicted molar refractivity (Wildman–Crippen MR) is 111 cm³/mol. The lowest BCUT2D eigenvalue weighted by molar-refractivity contribution is -0.154. The molecule has 1 N–H and O–H groups in total. The van der Waals surface area contributed by atoms with Gasteiger partial charge in [-0.25, -0.2) is 8.42 Å². The monoisotopic (exact) mass is 420 g/mol. The lowest BCUT2D eigenvalue weighted by atomic mass is 10.1. The SMILES string of the molecule is CC[C@@H](C)N(C(=O)COC(=O)CCc1c[nH]c2ccccc12)[C@@H]1CCS(=O)(=O)C1. The molecule has 7 nitrogen and oxygen atoms in total. The summed E-state index contributed by atoms with van der Waals surface area (Å²) >= 11 is 0. The van der Waals surface area contributed by atoms with Gasteiger partial charge in [-0.2, -0.15) is 0 Å². The zero-order chi connectivity index (χ0) is 21.0. The van der Waals surface area contributed by atoms with E-state index >= 15 is 0 Å². The minimum atomic E-state index is -3.10. The van der Waals surface area contributed by atoms with Crippen LogP contribution in [-0.2, 0) is 30.6 Å². The van der Waals surface area contributed by atoms with Gasteiger partial charge in [-0.1, -0.05) is 25.1 Å². The summed E-state index contributed by atoms with van der Waals surface area (Å²) in [4.78, 5) is 29.6. The Balaban J connectivity index is 1.54. The van der Waals surface area contributed by atoms with Crippen LogP contribution in [0.3, 0.4) is 0 Å². The molecule has 2 atom stereocenters. The number of para-hydroxylation sites is 1. The molecule has 0 saturated carbocycles. The maximum atomic E-state index is 12.7. The number of hydrogen-bond donors (Lipinski definition) is 1. The third-order valence-corrected chi connectivity index (χ3v) is 7.34. The lowest BCUT2D eigenvalue weighted by Crippen LogP contribution is -2.48. The van der Waals surface area contributed by atoms with Crippen LogP contribution in [0.25, 0.3) is 10.9 Å². The van der Waals surface area contributed by atoms with E-state index in [4.69, 9.17) is 4.74 Å². The molecule has 1 fully saturated rings. The third kappa shape index (κ3) is 5.18.